The van der Waals surface area contributed by atoms with Gasteiger partial charge in [0, 0.05) is 37.7 Å². The van der Waals surface area contributed by atoms with E-state index in [1.807, 2.05) is 62.6 Å². The van der Waals surface area contributed by atoms with E-state index in [0.29, 0.717) is 36.5 Å². The summed E-state index contributed by atoms with van der Waals surface area (Å²) in [5.74, 6) is 0.0526. The molecule has 0 amide bonds. The van der Waals surface area contributed by atoms with Gasteiger partial charge < -0.3 is 9.47 Å². The van der Waals surface area contributed by atoms with Crippen molar-refractivity contribution in [1.82, 2.24) is 10.0 Å². The lowest BCUT2D eigenvalue weighted by molar-refractivity contribution is -0.116. The van der Waals surface area contributed by atoms with Crippen molar-refractivity contribution in [2.45, 2.75) is 31.8 Å². The molecule has 0 aromatic heterocycles. The lowest BCUT2D eigenvalue weighted by Crippen LogP contribution is -2.50. The number of amidine groups is 1. The smallest absolute Gasteiger partial charge is 0.161 e. The van der Waals surface area contributed by atoms with Crippen LogP contribution in [-0.4, -0.2) is 42.8 Å². The number of nitriles is 1. The van der Waals surface area contributed by atoms with Gasteiger partial charge in [-0.15, -0.1) is 0 Å². The predicted molar refractivity (Wildman–Crippen MR) is 125 cm³/mol. The van der Waals surface area contributed by atoms with Crippen molar-refractivity contribution < 1.29 is 14.3 Å². The maximum absolute atomic E-state index is 13.1. The molecule has 2 atom stereocenters. The molecule has 0 radical (unpaired) electrons. The first-order valence-electron chi connectivity index (χ1n) is 11.0. The van der Waals surface area contributed by atoms with Crippen LogP contribution < -0.4 is 9.47 Å². The summed E-state index contributed by atoms with van der Waals surface area (Å²) < 4.78 is 11.6. The topological polar surface area (TPSA) is 89.7 Å². The van der Waals surface area contributed by atoms with Crippen LogP contribution >= 0.6 is 0 Å². The van der Waals surface area contributed by atoms with Crippen molar-refractivity contribution in [2.24, 2.45) is 5.92 Å². The SMILES string of the molecule is COc1cc(C2C3=C(CCCC3=O)N(N(C)C)C(=N)C2C#N)ccc1OCc1ccccc1. The highest BCUT2D eigenvalue weighted by Crippen LogP contribution is 2.46. The number of ketones is 1. The first-order valence-corrected chi connectivity index (χ1v) is 11.0. The third kappa shape index (κ3) is 4.22. The number of carbonyl (C=O) groups excluding carboxylic acids is 1. The van der Waals surface area contributed by atoms with Gasteiger partial charge in [-0.3, -0.25) is 15.2 Å². The molecule has 2 aromatic rings. The molecule has 2 aromatic carbocycles. The quantitative estimate of drug-likeness (QED) is 0.716. The molecule has 2 aliphatic rings. The monoisotopic (exact) mass is 444 g/mol. The lowest BCUT2D eigenvalue weighted by Gasteiger charge is -2.44. The summed E-state index contributed by atoms with van der Waals surface area (Å²) in [5, 5.41) is 22.3. The third-order valence-corrected chi connectivity index (χ3v) is 6.17. The van der Waals surface area contributed by atoms with E-state index in [1.165, 1.54) is 0 Å². The van der Waals surface area contributed by atoms with Gasteiger partial charge in [-0.2, -0.15) is 5.26 Å². The zero-order chi connectivity index (χ0) is 23.5. The van der Waals surface area contributed by atoms with Crippen molar-refractivity contribution in [3.8, 4) is 17.6 Å². The van der Waals surface area contributed by atoms with Gasteiger partial charge in [0.05, 0.1) is 13.2 Å². The Hall–Kier alpha value is -3.63. The number of Topliss-reactive ketones (excluding diaryl/α,β-unsaturated/α-hetero) is 1. The van der Waals surface area contributed by atoms with Crippen LogP contribution in [0, 0.1) is 22.7 Å². The minimum Gasteiger partial charge on any atom is -0.493 e. The number of nitrogens with zero attached hydrogens (tertiary/aromatic N) is 3. The average Bonchev–Trinajstić information content (AvgIpc) is 2.82. The number of ether oxygens (including phenoxy) is 2. The van der Waals surface area contributed by atoms with Crippen molar-refractivity contribution in [3.05, 3.63) is 70.9 Å². The highest BCUT2D eigenvalue weighted by Gasteiger charge is 2.45. The zero-order valence-electron chi connectivity index (χ0n) is 19.2. The van der Waals surface area contributed by atoms with Gasteiger partial charge in [0.25, 0.3) is 0 Å². The van der Waals surface area contributed by atoms with Gasteiger partial charge in [-0.25, -0.2) is 5.01 Å². The number of nitrogens with one attached hydrogen (secondary N) is 1. The largest absolute Gasteiger partial charge is 0.493 e. The number of carbonyl (C=O) groups is 1. The fourth-order valence-electron chi connectivity index (χ4n) is 4.71. The molecule has 0 fully saturated rings. The standard InChI is InChI=1S/C26H28N4O3/c1-29(2)30-20-10-7-11-21(31)25(20)24(19(15-27)26(30)28)18-12-13-22(23(14-18)32-3)33-16-17-8-5-4-6-9-17/h4-6,8-9,12-14,19,24,28H,7,10-11,16H2,1-3H3. The fourth-order valence-corrected chi connectivity index (χ4v) is 4.71. The van der Waals surface area contributed by atoms with Crippen LogP contribution in [0.2, 0.25) is 0 Å². The summed E-state index contributed by atoms with van der Waals surface area (Å²) in [6.07, 6.45) is 1.90. The molecule has 1 heterocycles. The molecule has 1 N–H and O–H groups in total. The van der Waals surface area contributed by atoms with Crippen molar-refractivity contribution >= 4 is 11.6 Å². The zero-order valence-corrected chi connectivity index (χ0v) is 19.2. The number of hydrogen-bond donors (Lipinski definition) is 1. The fraction of sp³-hybridized carbons (Fsp3) is 0.346. The highest BCUT2D eigenvalue weighted by molar-refractivity contribution is 6.03. The van der Waals surface area contributed by atoms with Crippen LogP contribution in [0.15, 0.2) is 59.8 Å². The van der Waals surface area contributed by atoms with E-state index in [4.69, 9.17) is 14.9 Å². The van der Waals surface area contributed by atoms with Gasteiger partial charge in [0.15, 0.2) is 17.3 Å². The Bertz CT molecular complexity index is 1130. The molecule has 0 saturated carbocycles. The first-order chi connectivity index (χ1) is 16.0. The van der Waals surface area contributed by atoms with E-state index >= 15 is 0 Å². The summed E-state index contributed by atoms with van der Waals surface area (Å²) in [7, 11) is 5.23. The van der Waals surface area contributed by atoms with Gasteiger partial charge in [0.2, 0.25) is 0 Å². The van der Waals surface area contributed by atoms with Crippen molar-refractivity contribution in [2.75, 3.05) is 21.2 Å². The molecule has 4 rings (SSSR count). The van der Waals surface area contributed by atoms with E-state index in [-0.39, 0.29) is 11.6 Å². The number of rotatable bonds is 6. The highest BCUT2D eigenvalue weighted by atomic mass is 16.5. The molecule has 33 heavy (non-hydrogen) atoms. The van der Waals surface area contributed by atoms with Crippen LogP contribution in [0.4, 0.5) is 0 Å². The summed E-state index contributed by atoms with van der Waals surface area (Å²) in [6.45, 7) is 0.400. The van der Waals surface area contributed by atoms with Crippen LogP contribution in [0.1, 0.15) is 36.3 Å². The Kier molecular flexibility index (Phi) is 6.47. The normalized spacial score (nSPS) is 20.5. The number of hydrogen-bond acceptors (Lipinski definition) is 6. The maximum Gasteiger partial charge on any atom is 0.161 e. The molecular formula is C26H28N4O3. The Morgan fingerprint density at radius 1 is 1.15 bits per heavy atom. The predicted octanol–water partition coefficient (Wildman–Crippen LogP) is 4.27. The van der Waals surface area contributed by atoms with Crippen LogP contribution in [-0.2, 0) is 11.4 Å². The molecule has 0 spiro atoms. The number of allylic oxidation sites excluding steroid dienone is 2. The molecule has 2 unspecified atom stereocenters. The Balaban J connectivity index is 1.74. The van der Waals surface area contributed by atoms with Crippen LogP contribution in [0.25, 0.3) is 0 Å². The van der Waals surface area contributed by atoms with E-state index in [1.54, 1.807) is 17.1 Å². The molecule has 170 valence electrons. The van der Waals surface area contributed by atoms with Crippen LogP contribution in [0.3, 0.4) is 0 Å². The van der Waals surface area contributed by atoms with E-state index in [0.717, 1.165) is 23.2 Å². The maximum atomic E-state index is 13.1. The summed E-state index contributed by atoms with van der Waals surface area (Å²) in [6, 6.07) is 17.7. The Morgan fingerprint density at radius 3 is 2.58 bits per heavy atom. The second-order valence-electron chi connectivity index (χ2n) is 8.45. The first kappa shape index (κ1) is 22.6. The second kappa shape index (κ2) is 9.47. The van der Waals surface area contributed by atoms with Gasteiger partial charge in [-0.05, 0) is 36.1 Å². The lowest BCUT2D eigenvalue weighted by atomic mass is 9.72. The Morgan fingerprint density at radius 2 is 1.91 bits per heavy atom. The van der Waals surface area contributed by atoms with Crippen molar-refractivity contribution in [3.63, 3.8) is 0 Å². The van der Waals surface area contributed by atoms with Gasteiger partial charge in [-0.1, -0.05) is 36.4 Å². The summed E-state index contributed by atoms with van der Waals surface area (Å²) >= 11 is 0. The molecule has 1 aliphatic carbocycles. The molecule has 7 heteroatoms. The van der Waals surface area contributed by atoms with E-state index in [2.05, 4.69) is 6.07 Å². The third-order valence-electron chi connectivity index (χ3n) is 6.17. The van der Waals surface area contributed by atoms with Gasteiger partial charge >= 0.3 is 0 Å². The summed E-state index contributed by atoms with van der Waals surface area (Å²) in [4.78, 5) is 13.1. The Labute approximate surface area is 194 Å². The minimum absolute atomic E-state index is 0.0456. The molecule has 1 aliphatic heterocycles. The number of benzene rings is 2. The number of hydrazine groups is 1. The summed E-state index contributed by atoms with van der Waals surface area (Å²) in [5.41, 5.74) is 3.27. The molecule has 0 saturated heterocycles. The minimum atomic E-state index is -0.783. The van der Waals surface area contributed by atoms with Crippen LogP contribution in [0.5, 0.6) is 11.5 Å². The second-order valence-corrected chi connectivity index (χ2v) is 8.45. The molecular weight excluding hydrogens is 416 g/mol. The van der Waals surface area contributed by atoms with Crippen molar-refractivity contribution in [1.29, 1.82) is 10.7 Å². The van der Waals surface area contributed by atoms with E-state index < -0.39 is 11.8 Å². The van der Waals surface area contributed by atoms with Gasteiger partial charge in [0.1, 0.15) is 18.4 Å². The number of methoxy groups -OCH3 is 1. The average molecular weight is 445 g/mol. The molecule has 0 bridgehead atoms. The molecule has 7 nitrogen and oxygen atoms in total. The van der Waals surface area contributed by atoms with E-state index in [9.17, 15) is 10.1 Å².